The van der Waals surface area contributed by atoms with Crippen LogP contribution in [0.2, 0.25) is 0 Å². The van der Waals surface area contributed by atoms with Crippen LogP contribution in [0.25, 0.3) is 0 Å². The Hall–Kier alpha value is -2.25. The number of hydrogen-bond acceptors (Lipinski definition) is 5. The summed E-state index contributed by atoms with van der Waals surface area (Å²) in [7, 11) is -0.554. The molecule has 1 fully saturated rings. The molecule has 1 amide bonds. The van der Waals surface area contributed by atoms with Crippen LogP contribution in [0.15, 0.2) is 36.8 Å². The summed E-state index contributed by atoms with van der Waals surface area (Å²) < 4.78 is 12.3. The second kappa shape index (κ2) is 6.24. The van der Waals surface area contributed by atoms with Crippen LogP contribution in [0.4, 0.5) is 5.69 Å². The van der Waals surface area contributed by atoms with Crippen LogP contribution in [0, 0.1) is 6.92 Å². The molecule has 1 aliphatic heterocycles. The van der Waals surface area contributed by atoms with E-state index in [1.807, 2.05) is 52.8 Å². The van der Waals surface area contributed by atoms with Crippen LogP contribution in [-0.4, -0.2) is 34.2 Å². The zero-order valence-corrected chi connectivity index (χ0v) is 15.2. The van der Waals surface area contributed by atoms with Gasteiger partial charge in [-0.25, -0.2) is 4.98 Å². The van der Waals surface area contributed by atoms with Crippen LogP contribution in [0.3, 0.4) is 0 Å². The maximum absolute atomic E-state index is 12.4. The lowest BCUT2D eigenvalue weighted by Crippen LogP contribution is -2.41. The molecule has 2 aromatic rings. The van der Waals surface area contributed by atoms with Crippen molar-refractivity contribution in [2.45, 2.75) is 45.8 Å². The molecule has 0 radical (unpaired) electrons. The van der Waals surface area contributed by atoms with E-state index >= 15 is 0 Å². The Labute approximate surface area is 148 Å². The fraction of sp³-hybridized carbons (Fsp3) is 0.389. The average molecular weight is 339 g/mol. The third-order valence-electron chi connectivity index (χ3n) is 4.76. The highest BCUT2D eigenvalue weighted by Gasteiger charge is 2.52. The minimum Gasteiger partial charge on any atom is -0.399 e. The summed E-state index contributed by atoms with van der Waals surface area (Å²) in [5.41, 5.74) is 1.84. The second-order valence-electron chi connectivity index (χ2n) is 7.22. The van der Waals surface area contributed by atoms with Crippen molar-refractivity contribution in [1.82, 2.24) is 9.97 Å². The molecule has 0 spiro atoms. The number of nitrogens with one attached hydrogen (secondary N) is 1. The Kier molecular flexibility index (Phi) is 4.39. The first kappa shape index (κ1) is 17.6. The van der Waals surface area contributed by atoms with Crippen molar-refractivity contribution in [2.24, 2.45) is 0 Å². The first-order valence-electron chi connectivity index (χ1n) is 8.23. The molecule has 2 heterocycles. The van der Waals surface area contributed by atoms with Gasteiger partial charge in [-0.15, -0.1) is 0 Å². The molecule has 1 aromatic heterocycles. The smallest absolute Gasteiger partial charge is 0.399 e. The molecule has 0 unspecified atom stereocenters. The summed E-state index contributed by atoms with van der Waals surface area (Å²) in [4.78, 5) is 20.4. The van der Waals surface area contributed by atoms with E-state index in [4.69, 9.17) is 9.31 Å². The van der Waals surface area contributed by atoms with Gasteiger partial charge in [-0.05, 0) is 40.7 Å². The number of hydrogen-bond donors (Lipinski definition) is 1. The topological polar surface area (TPSA) is 73.3 Å². The highest BCUT2D eigenvalue weighted by Crippen LogP contribution is 2.37. The van der Waals surface area contributed by atoms with Gasteiger partial charge in [0.2, 0.25) is 0 Å². The zero-order chi connectivity index (χ0) is 18.2. The molecule has 0 bridgehead atoms. The second-order valence-corrected chi connectivity index (χ2v) is 7.22. The summed E-state index contributed by atoms with van der Waals surface area (Å²) in [5, 5.41) is 2.88. The van der Waals surface area contributed by atoms with Gasteiger partial charge >= 0.3 is 7.12 Å². The number of amides is 1. The van der Waals surface area contributed by atoms with Gasteiger partial charge in [0.25, 0.3) is 5.91 Å². The van der Waals surface area contributed by atoms with Crippen LogP contribution in [0.1, 0.15) is 43.7 Å². The van der Waals surface area contributed by atoms with E-state index in [1.54, 1.807) is 0 Å². The maximum Gasteiger partial charge on any atom is 0.496 e. The van der Waals surface area contributed by atoms with Gasteiger partial charge in [0.1, 0.15) is 5.69 Å². The van der Waals surface area contributed by atoms with E-state index in [2.05, 4.69) is 15.3 Å². The number of benzene rings is 1. The Morgan fingerprint density at radius 3 is 2.40 bits per heavy atom. The molecule has 1 N–H and O–H groups in total. The van der Waals surface area contributed by atoms with Crippen LogP contribution in [-0.2, 0) is 9.31 Å². The molecule has 1 saturated heterocycles. The van der Waals surface area contributed by atoms with E-state index in [0.717, 1.165) is 11.0 Å². The SMILES string of the molecule is Cc1ccc(NC(=O)c2cnccn2)c(B2OC(C)(C)C(C)(C)O2)c1. The van der Waals surface area contributed by atoms with Crippen molar-refractivity contribution in [3.8, 4) is 0 Å². The van der Waals surface area contributed by atoms with E-state index in [1.165, 1.54) is 18.6 Å². The first-order chi connectivity index (χ1) is 11.7. The summed E-state index contributed by atoms with van der Waals surface area (Å²) in [6, 6.07) is 5.75. The molecule has 25 heavy (non-hydrogen) atoms. The van der Waals surface area contributed by atoms with Crippen molar-refractivity contribution in [3.63, 3.8) is 0 Å². The Bertz CT molecular complexity index is 777. The van der Waals surface area contributed by atoms with Gasteiger partial charge in [-0.3, -0.25) is 9.78 Å². The van der Waals surface area contributed by atoms with E-state index in [-0.39, 0.29) is 11.6 Å². The molecule has 6 nitrogen and oxygen atoms in total. The fourth-order valence-electron chi connectivity index (χ4n) is 2.56. The van der Waals surface area contributed by atoms with Gasteiger partial charge in [-0.2, -0.15) is 0 Å². The lowest BCUT2D eigenvalue weighted by molar-refractivity contribution is 0.00578. The molecule has 1 aromatic carbocycles. The maximum atomic E-state index is 12.4. The largest absolute Gasteiger partial charge is 0.496 e. The van der Waals surface area contributed by atoms with Crippen molar-refractivity contribution in [3.05, 3.63) is 48.0 Å². The highest BCUT2D eigenvalue weighted by molar-refractivity contribution is 6.64. The number of carbonyl (C=O) groups is 1. The molecule has 0 saturated carbocycles. The minimum atomic E-state index is -0.554. The first-order valence-corrected chi connectivity index (χ1v) is 8.23. The van der Waals surface area contributed by atoms with Crippen molar-refractivity contribution in [1.29, 1.82) is 0 Å². The van der Waals surface area contributed by atoms with E-state index < -0.39 is 18.3 Å². The molecule has 130 valence electrons. The minimum absolute atomic E-state index is 0.253. The number of nitrogens with zero attached hydrogens (tertiary/aromatic N) is 2. The normalized spacial score (nSPS) is 18.2. The number of carbonyl (C=O) groups excluding carboxylic acids is 1. The van der Waals surface area contributed by atoms with Gasteiger partial charge in [0.05, 0.1) is 17.4 Å². The molecule has 7 heteroatoms. The third-order valence-corrected chi connectivity index (χ3v) is 4.76. The lowest BCUT2D eigenvalue weighted by atomic mass is 9.77. The molecular weight excluding hydrogens is 317 g/mol. The van der Waals surface area contributed by atoms with Crippen LogP contribution >= 0.6 is 0 Å². The molecular formula is C18H22BN3O3. The molecule has 1 aliphatic rings. The molecule has 0 atom stereocenters. The van der Waals surface area contributed by atoms with E-state index in [0.29, 0.717) is 5.69 Å². The van der Waals surface area contributed by atoms with Crippen molar-refractivity contribution >= 4 is 24.2 Å². The number of aromatic nitrogens is 2. The van der Waals surface area contributed by atoms with Gasteiger partial charge < -0.3 is 14.6 Å². The van der Waals surface area contributed by atoms with Gasteiger partial charge in [-0.1, -0.05) is 17.7 Å². The average Bonchev–Trinajstić information content (AvgIpc) is 2.78. The van der Waals surface area contributed by atoms with E-state index in [9.17, 15) is 4.79 Å². The third kappa shape index (κ3) is 3.43. The summed E-state index contributed by atoms with van der Waals surface area (Å²) in [5.74, 6) is -0.324. The van der Waals surface area contributed by atoms with Crippen LogP contribution < -0.4 is 10.8 Å². The highest BCUT2D eigenvalue weighted by atomic mass is 16.7. The Morgan fingerprint density at radius 1 is 1.12 bits per heavy atom. The summed E-state index contributed by atoms with van der Waals surface area (Å²) >= 11 is 0. The predicted molar refractivity (Wildman–Crippen MR) is 96.9 cm³/mol. The monoisotopic (exact) mass is 339 g/mol. The Balaban J connectivity index is 1.91. The van der Waals surface area contributed by atoms with Crippen LogP contribution in [0.5, 0.6) is 0 Å². The number of aryl methyl sites for hydroxylation is 1. The standard InChI is InChI=1S/C18H22BN3O3/c1-12-6-7-14(22-16(23)15-11-20-8-9-21-15)13(10-12)19-24-17(2,3)18(4,5)25-19/h6-11H,1-5H3,(H,22,23). The zero-order valence-electron chi connectivity index (χ0n) is 15.2. The predicted octanol–water partition coefficient (Wildman–Crippen LogP) is 2.34. The molecule has 3 rings (SSSR count). The number of anilines is 1. The fourth-order valence-corrected chi connectivity index (χ4v) is 2.56. The quantitative estimate of drug-likeness (QED) is 0.869. The number of rotatable bonds is 3. The summed E-state index contributed by atoms with van der Waals surface area (Å²) in [6.07, 6.45) is 4.44. The van der Waals surface area contributed by atoms with Gasteiger partial charge in [0.15, 0.2) is 0 Å². The van der Waals surface area contributed by atoms with Crippen molar-refractivity contribution < 1.29 is 14.1 Å². The Morgan fingerprint density at radius 2 is 1.80 bits per heavy atom. The summed E-state index contributed by atoms with van der Waals surface area (Å²) in [6.45, 7) is 9.99. The molecule has 0 aliphatic carbocycles. The van der Waals surface area contributed by atoms with Gasteiger partial charge in [0, 0.05) is 23.5 Å². The lowest BCUT2D eigenvalue weighted by Gasteiger charge is -2.32. The van der Waals surface area contributed by atoms with Crippen molar-refractivity contribution in [2.75, 3.05) is 5.32 Å².